The molecule has 26 heavy (non-hydrogen) atoms. The monoisotopic (exact) mass is 367 g/mol. The molecule has 0 heterocycles. The predicted molar refractivity (Wildman–Crippen MR) is 92.7 cm³/mol. The third-order valence-electron chi connectivity index (χ3n) is 3.58. The van der Waals surface area contributed by atoms with E-state index in [0.717, 1.165) is 23.3 Å². The summed E-state index contributed by atoms with van der Waals surface area (Å²) in [7, 11) is 1.48. The summed E-state index contributed by atoms with van der Waals surface area (Å²) in [4.78, 5) is 12.5. The molecule has 2 aromatic carbocycles. The van der Waals surface area contributed by atoms with Crippen LogP contribution in [-0.2, 0) is 10.9 Å². The number of rotatable bonds is 6. The van der Waals surface area contributed by atoms with Gasteiger partial charge in [-0.3, -0.25) is 4.79 Å². The Kier molecular flexibility index (Phi) is 6.26. The second-order valence-electron chi connectivity index (χ2n) is 5.88. The maximum atomic E-state index is 13.0. The van der Waals surface area contributed by atoms with Crippen molar-refractivity contribution in [1.82, 2.24) is 0 Å². The van der Waals surface area contributed by atoms with E-state index < -0.39 is 17.6 Å². The maximum Gasteiger partial charge on any atom is 0.416 e. The molecule has 0 spiro atoms. The summed E-state index contributed by atoms with van der Waals surface area (Å²) in [5, 5.41) is 2.52. The van der Waals surface area contributed by atoms with E-state index in [1.54, 1.807) is 12.1 Å². The van der Waals surface area contributed by atoms with Gasteiger partial charge in [0, 0.05) is 12.7 Å². The predicted octanol–water partition coefficient (Wildman–Crippen LogP) is 4.60. The number of alkyl halides is 3. The zero-order chi connectivity index (χ0) is 19.3. The second-order valence-corrected chi connectivity index (χ2v) is 5.88. The molecule has 7 heteroatoms. The lowest BCUT2D eigenvalue weighted by Gasteiger charge is -2.15. The van der Waals surface area contributed by atoms with Crippen LogP contribution in [0, 0.1) is 13.8 Å². The number of methoxy groups -OCH3 is 1. The highest BCUT2D eigenvalue weighted by Gasteiger charge is 2.31. The molecule has 140 valence electrons. The molecule has 0 bridgehead atoms. The molecule has 0 aliphatic rings. The van der Waals surface area contributed by atoms with Gasteiger partial charge in [-0.2, -0.15) is 13.2 Å². The Morgan fingerprint density at radius 1 is 1.04 bits per heavy atom. The van der Waals surface area contributed by atoms with E-state index >= 15 is 0 Å². The van der Waals surface area contributed by atoms with Gasteiger partial charge in [0.25, 0.3) is 5.91 Å². The van der Waals surface area contributed by atoms with Crippen LogP contribution in [0.5, 0.6) is 5.75 Å². The van der Waals surface area contributed by atoms with Crippen LogP contribution in [0.3, 0.4) is 0 Å². The summed E-state index contributed by atoms with van der Waals surface area (Å²) in [5.74, 6) is -0.361. The normalized spacial score (nSPS) is 11.3. The van der Waals surface area contributed by atoms with Gasteiger partial charge in [-0.15, -0.1) is 0 Å². The van der Waals surface area contributed by atoms with E-state index in [4.69, 9.17) is 9.47 Å². The number of ether oxygens (including phenoxy) is 2. The SMILES string of the molecule is COCCOc1ccc(C(F)(F)F)cc1NC(=O)c1cc(C)cc(C)c1. The van der Waals surface area contributed by atoms with Crippen molar-refractivity contribution in [1.29, 1.82) is 0 Å². The van der Waals surface area contributed by atoms with E-state index in [0.29, 0.717) is 5.56 Å². The van der Waals surface area contributed by atoms with Crippen LogP contribution in [0.1, 0.15) is 27.0 Å². The molecule has 0 fully saturated rings. The topological polar surface area (TPSA) is 47.6 Å². The highest BCUT2D eigenvalue weighted by Crippen LogP contribution is 2.35. The lowest BCUT2D eigenvalue weighted by atomic mass is 10.1. The number of anilines is 1. The standard InChI is InChI=1S/C19H20F3NO3/c1-12-8-13(2)10-14(9-12)18(24)23-16-11-15(19(20,21)22)4-5-17(16)26-7-6-25-3/h4-5,8-11H,6-7H2,1-3H3,(H,23,24). The molecular weight excluding hydrogens is 347 g/mol. The van der Waals surface area contributed by atoms with Crippen LogP contribution >= 0.6 is 0 Å². The van der Waals surface area contributed by atoms with Gasteiger partial charge >= 0.3 is 6.18 Å². The summed E-state index contributed by atoms with van der Waals surface area (Å²) in [6.07, 6.45) is -4.52. The summed E-state index contributed by atoms with van der Waals surface area (Å²) >= 11 is 0. The molecule has 1 N–H and O–H groups in total. The number of amides is 1. The Morgan fingerprint density at radius 2 is 1.69 bits per heavy atom. The number of carbonyl (C=O) groups is 1. The van der Waals surface area contributed by atoms with Gasteiger partial charge in [-0.05, 0) is 44.2 Å². The molecule has 0 saturated carbocycles. The molecule has 0 aromatic heterocycles. The number of hydrogen-bond donors (Lipinski definition) is 1. The average molecular weight is 367 g/mol. The molecule has 0 aliphatic carbocycles. The number of hydrogen-bond acceptors (Lipinski definition) is 3. The molecule has 0 atom stereocenters. The highest BCUT2D eigenvalue weighted by atomic mass is 19.4. The Balaban J connectivity index is 2.32. The van der Waals surface area contributed by atoms with Crippen LogP contribution in [0.2, 0.25) is 0 Å². The molecule has 1 amide bonds. The number of halogens is 3. The molecule has 2 rings (SSSR count). The molecule has 0 radical (unpaired) electrons. The third kappa shape index (κ3) is 5.23. The van der Waals surface area contributed by atoms with Crippen molar-refractivity contribution in [3.8, 4) is 5.75 Å². The minimum atomic E-state index is -4.52. The fourth-order valence-electron chi connectivity index (χ4n) is 2.47. The van der Waals surface area contributed by atoms with E-state index in [-0.39, 0.29) is 24.7 Å². The summed E-state index contributed by atoms with van der Waals surface area (Å²) in [6, 6.07) is 8.20. The lowest BCUT2D eigenvalue weighted by Crippen LogP contribution is -2.15. The highest BCUT2D eigenvalue weighted by molar-refractivity contribution is 6.05. The zero-order valence-electron chi connectivity index (χ0n) is 14.7. The first-order valence-corrected chi connectivity index (χ1v) is 7.93. The number of carbonyl (C=O) groups excluding carboxylic acids is 1. The molecule has 4 nitrogen and oxygen atoms in total. The Hall–Kier alpha value is -2.54. The molecule has 0 unspecified atom stereocenters. The minimum absolute atomic E-state index is 0.0416. The first-order valence-electron chi connectivity index (χ1n) is 7.93. The Bertz CT molecular complexity index is 768. The Labute approximate surface area is 149 Å². The molecular formula is C19H20F3NO3. The van der Waals surface area contributed by atoms with Gasteiger partial charge in [0.15, 0.2) is 0 Å². The van der Waals surface area contributed by atoms with Crippen molar-refractivity contribution < 1.29 is 27.4 Å². The summed E-state index contributed by atoms with van der Waals surface area (Å²) < 4.78 is 49.3. The van der Waals surface area contributed by atoms with Crippen LogP contribution in [-0.4, -0.2) is 26.2 Å². The van der Waals surface area contributed by atoms with E-state index in [1.165, 1.54) is 13.2 Å². The van der Waals surface area contributed by atoms with Crippen molar-refractivity contribution in [2.75, 3.05) is 25.6 Å². The van der Waals surface area contributed by atoms with Crippen molar-refractivity contribution in [3.05, 3.63) is 58.7 Å². The van der Waals surface area contributed by atoms with Crippen molar-refractivity contribution in [2.45, 2.75) is 20.0 Å². The van der Waals surface area contributed by atoms with Gasteiger partial charge in [0.05, 0.1) is 17.9 Å². The largest absolute Gasteiger partial charge is 0.489 e. The van der Waals surface area contributed by atoms with Gasteiger partial charge in [0.2, 0.25) is 0 Å². The first kappa shape index (κ1) is 19.8. The van der Waals surface area contributed by atoms with Gasteiger partial charge in [-0.25, -0.2) is 0 Å². The van der Waals surface area contributed by atoms with Gasteiger partial charge in [-0.1, -0.05) is 17.2 Å². The number of nitrogens with one attached hydrogen (secondary N) is 1. The summed E-state index contributed by atoms with van der Waals surface area (Å²) in [6.45, 7) is 4.10. The average Bonchev–Trinajstić information content (AvgIpc) is 2.54. The van der Waals surface area contributed by atoms with Crippen LogP contribution < -0.4 is 10.1 Å². The van der Waals surface area contributed by atoms with E-state index in [2.05, 4.69) is 5.32 Å². The van der Waals surface area contributed by atoms with Gasteiger partial charge < -0.3 is 14.8 Å². The minimum Gasteiger partial charge on any atom is -0.489 e. The third-order valence-corrected chi connectivity index (χ3v) is 3.58. The van der Waals surface area contributed by atoms with Crippen LogP contribution in [0.4, 0.5) is 18.9 Å². The second kappa shape index (κ2) is 8.23. The molecule has 0 aliphatic heterocycles. The number of aryl methyl sites for hydroxylation is 2. The quantitative estimate of drug-likeness (QED) is 0.759. The summed E-state index contributed by atoms with van der Waals surface area (Å²) in [5.41, 5.74) is 1.22. The maximum absolute atomic E-state index is 13.0. The first-order chi connectivity index (χ1) is 12.2. The fourth-order valence-corrected chi connectivity index (χ4v) is 2.47. The van der Waals surface area contributed by atoms with Crippen LogP contribution in [0.15, 0.2) is 36.4 Å². The molecule has 2 aromatic rings. The zero-order valence-corrected chi connectivity index (χ0v) is 14.7. The molecule has 0 saturated heterocycles. The van der Waals surface area contributed by atoms with Crippen LogP contribution in [0.25, 0.3) is 0 Å². The number of benzene rings is 2. The van der Waals surface area contributed by atoms with E-state index in [9.17, 15) is 18.0 Å². The Morgan fingerprint density at radius 3 is 2.27 bits per heavy atom. The van der Waals surface area contributed by atoms with Crippen molar-refractivity contribution in [3.63, 3.8) is 0 Å². The smallest absolute Gasteiger partial charge is 0.416 e. The van der Waals surface area contributed by atoms with Crippen molar-refractivity contribution in [2.24, 2.45) is 0 Å². The van der Waals surface area contributed by atoms with Crippen molar-refractivity contribution >= 4 is 11.6 Å². The fraction of sp³-hybridized carbons (Fsp3) is 0.316. The lowest BCUT2D eigenvalue weighted by molar-refractivity contribution is -0.137. The van der Waals surface area contributed by atoms with Gasteiger partial charge in [0.1, 0.15) is 12.4 Å². The van der Waals surface area contributed by atoms with E-state index in [1.807, 2.05) is 19.9 Å².